The first kappa shape index (κ1) is 17.0. The van der Waals surface area contributed by atoms with Crippen molar-refractivity contribution in [3.8, 4) is 0 Å². The summed E-state index contributed by atoms with van der Waals surface area (Å²) in [6.45, 7) is 4.39. The van der Waals surface area contributed by atoms with Gasteiger partial charge in [0.05, 0.1) is 0 Å². The maximum atomic E-state index is 14.3. The Kier molecular flexibility index (Phi) is 3.62. The highest BCUT2D eigenvalue weighted by atomic mass is 19.1. The number of rotatable bonds is 1. The Bertz CT molecular complexity index is 662. The van der Waals surface area contributed by atoms with E-state index in [0.717, 1.165) is 38.5 Å². The lowest BCUT2D eigenvalue weighted by Crippen LogP contribution is -2.60. The van der Waals surface area contributed by atoms with E-state index in [2.05, 4.69) is 13.8 Å². The standard InChI is InChI=1S/C20H29FN2O2/c1-19-9-8-13-11(12(19)5-6-14(19)17(22)24)4-7-16-20(13,2)10-15(21)18(25)23(16)3/h10-14,16H,4-9H2,1-3H3,(H2,22,24)/t11-,12-,13+,14?,16?,19-,20+/m0/s1. The second-order valence-corrected chi connectivity index (χ2v) is 9.32. The van der Waals surface area contributed by atoms with Gasteiger partial charge in [0.15, 0.2) is 5.83 Å². The van der Waals surface area contributed by atoms with Crippen LogP contribution in [0.25, 0.3) is 0 Å². The van der Waals surface area contributed by atoms with Gasteiger partial charge in [-0.05, 0) is 67.8 Å². The summed E-state index contributed by atoms with van der Waals surface area (Å²) in [5.74, 6) is 0.102. The smallest absolute Gasteiger partial charge is 0.282 e. The number of hydrogen-bond donors (Lipinski definition) is 1. The van der Waals surface area contributed by atoms with Crippen LogP contribution in [0.1, 0.15) is 52.4 Å². The Morgan fingerprint density at radius 3 is 2.60 bits per heavy atom. The van der Waals surface area contributed by atoms with Crippen molar-refractivity contribution in [3.05, 3.63) is 11.9 Å². The molecule has 0 radical (unpaired) electrons. The van der Waals surface area contributed by atoms with Gasteiger partial charge in [-0.2, -0.15) is 0 Å². The molecule has 2 N–H and O–H groups in total. The largest absolute Gasteiger partial charge is 0.369 e. The summed E-state index contributed by atoms with van der Waals surface area (Å²) < 4.78 is 14.3. The summed E-state index contributed by atoms with van der Waals surface area (Å²) in [6, 6.07) is 0.0819. The van der Waals surface area contributed by atoms with Gasteiger partial charge in [-0.1, -0.05) is 13.8 Å². The Labute approximate surface area is 149 Å². The van der Waals surface area contributed by atoms with Crippen LogP contribution in [0.4, 0.5) is 4.39 Å². The highest BCUT2D eigenvalue weighted by molar-refractivity contribution is 5.92. The van der Waals surface area contributed by atoms with Gasteiger partial charge in [0.1, 0.15) is 0 Å². The van der Waals surface area contributed by atoms with Gasteiger partial charge in [0.2, 0.25) is 5.91 Å². The minimum atomic E-state index is -0.600. The van der Waals surface area contributed by atoms with Gasteiger partial charge in [0, 0.05) is 24.4 Å². The van der Waals surface area contributed by atoms with E-state index in [4.69, 9.17) is 5.73 Å². The number of amides is 2. The van der Waals surface area contributed by atoms with Gasteiger partial charge < -0.3 is 10.6 Å². The molecule has 4 rings (SSSR count). The zero-order valence-electron chi connectivity index (χ0n) is 15.4. The molecule has 0 aromatic heterocycles. The van der Waals surface area contributed by atoms with E-state index in [0.29, 0.717) is 17.8 Å². The number of carbonyl (C=O) groups is 2. The van der Waals surface area contributed by atoms with Crippen molar-refractivity contribution < 1.29 is 14.0 Å². The summed E-state index contributed by atoms with van der Waals surface area (Å²) in [4.78, 5) is 25.6. The zero-order valence-corrected chi connectivity index (χ0v) is 15.4. The van der Waals surface area contributed by atoms with Crippen LogP contribution in [-0.4, -0.2) is 29.8 Å². The summed E-state index contributed by atoms with van der Waals surface area (Å²) >= 11 is 0. The monoisotopic (exact) mass is 348 g/mol. The van der Waals surface area contributed by atoms with Crippen molar-refractivity contribution in [2.45, 2.75) is 58.4 Å². The van der Waals surface area contributed by atoms with Crippen molar-refractivity contribution >= 4 is 11.8 Å². The number of carbonyl (C=O) groups excluding carboxylic acids is 2. The number of fused-ring (bicyclic) bond motifs is 5. The molecule has 0 spiro atoms. The molecule has 3 aliphatic carbocycles. The normalized spacial score (nSPS) is 49.1. The van der Waals surface area contributed by atoms with Crippen LogP contribution in [-0.2, 0) is 9.59 Å². The predicted octanol–water partition coefficient (Wildman–Crippen LogP) is 3.02. The Morgan fingerprint density at radius 2 is 1.92 bits per heavy atom. The number of halogens is 1. The molecule has 138 valence electrons. The molecule has 3 saturated carbocycles. The third-order valence-corrected chi connectivity index (χ3v) is 8.50. The summed E-state index contributed by atoms with van der Waals surface area (Å²) in [7, 11) is 1.74. The van der Waals surface area contributed by atoms with Crippen LogP contribution in [0.15, 0.2) is 11.9 Å². The Hall–Kier alpha value is -1.39. The van der Waals surface area contributed by atoms with Crippen molar-refractivity contribution in [2.24, 2.45) is 40.2 Å². The molecule has 5 heteroatoms. The number of nitrogens with zero attached hydrogens (tertiary/aromatic N) is 1. The molecule has 0 aromatic carbocycles. The van der Waals surface area contributed by atoms with E-state index in [9.17, 15) is 14.0 Å². The Morgan fingerprint density at radius 1 is 1.20 bits per heavy atom. The molecule has 4 nitrogen and oxygen atoms in total. The van der Waals surface area contributed by atoms with Crippen molar-refractivity contribution in [3.63, 3.8) is 0 Å². The third-order valence-electron chi connectivity index (χ3n) is 8.50. The predicted molar refractivity (Wildman–Crippen MR) is 92.8 cm³/mol. The maximum Gasteiger partial charge on any atom is 0.282 e. The third kappa shape index (κ3) is 2.10. The van der Waals surface area contributed by atoms with E-state index < -0.39 is 11.7 Å². The van der Waals surface area contributed by atoms with E-state index in [1.165, 1.54) is 0 Å². The molecule has 2 amide bonds. The lowest BCUT2D eigenvalue weighted by atomic mass is 9.47. The molecule has 1 heterocycles. The molecule has 4 aliphatic rings. The molecule has 25 heavy (non-hydrogen) atoms. The summed E-state index contributed by atoms with van der Waals surface area (Å²) in [6.07, 6.45) is 7.50. The zero-order chi connectivity index (χ0) is 18.1. The van der Waals surface area contributed by atoms with Gasteiger partial charge >= 0.3 is 0 Å². The van der Waals surface area contributed by atoms with Gasteiger partial charge in [0.25, 0.3) is 5.91 Å². The number of primary amides is 1. The van der Waals surface area contributed by atoms with Gasteiger partial charge in [-0.3, -0.25) is 9.59 Å². The van der Waals surface area contributed by atoms with E-state index in [1.54, 1.807) is 18.0 Å². The molecular weight excluding hydrogens is 319 g/mol. The second-order valence-electron chi connectivity index (χ2n) is 9.32. The van der Waals surface area contributed by atoms with Crippen LogP contribution < -0.4 is 5.73 Å². The Balaban J connectivity index is 1.70. The first-order valence-corrected chi connectivity index (χ1v) is 9.65. The molecule has 1 aliphatic heterocycles. The van der Waals surface area contributed by atoms with Gasteiger partial charge in [-0.25, -0.2) is 4.39 Å². The first-order chi connectivity index (χ1) is 11.7. The fraction of sp³-hybridized carbons (Fsp3) is 0.800. The van der Waals surface area contributed by atoms with Crippen LogP contribution in [0.2, 0.25) is 0 Å². The van der Waals surface area contributed by atoms with E-state index >= 15 is 0 Å². The molecule has 0 saturated heterocycles. The van der Waals surface area contributed by atoms with Crippen molar-refractivity contribution in [1.82, 2.24) is 4.90 Å². The second kappa shape index (κ2) is 5.31. The average Bonchev–Trinajstić information content (AvgIpc) is 2.90. The van der Waals surface area contributed by atoms with Crippen LogP contribution >= 0.6 is 0 Å². The average molecular weight is 348 g/mol. The molecule has 0 bridgehead atoms. The van der Waals surface area contributed by atoms with Crippen molar-refractivity contribution in [2.75, 3.05) is 7.05 Å². The van der Waals surface area contributed by atoms with Gasteiger partial charge in [-0.15, -0.1) is 0 Å². The van der Waals surface area contributed by atoms with E-state index in [-0.39, 0.29) is 28.7 Å². The quantitative estimate of drug-likeness (QED) is 0.792. The van der Waals surface area contributed by atoms with Crippen LogP contribution in [0.3, 0.4) is 0 Å². The maximum absolute atomic E-state index is 14.3. The number of likely N-dealkylation sites (N-methyl/N-ethyl adjacent to an activating group) is 1. The molecule has 7 atom stereocenters. The first-order valence-electron chi connectivity index (χ1n) is 9.65. The van der Waals surface area contributed by atoms with Crippen LogP contribution in [0.5, 0.6) is 0 Å². The number of hydrogen-bond acceptors (Lipinski definition) is 2. The summed E-state index contributed by atoms with van der Waals surface area (Å²) in [5.41, 5.74) is 5.39. The molecule has 0 aromatic rings. The van der Waals surface area contributed by atoms with E-state index in [1.807, 2.05) is 0 Å². The highest BCUT2D eigenvalue weighted by Crippen LogP contribution is 2.65. The summed E-state index contributed by atoms with van der Waals surface area (Å²) in [5, 5.41) is 0. The fourth-order valence-corrected chi connectivity index (χ4v) is 7.30. The minimum Gasteiger partial charge on any atom is -0.369 e. The lowest BCUT2D eigenvalue weighted by Gasteiger charge is -2.60. The number of nitrogens with two attached hydrogens (primary N) is 1. The molecule has 3 fully saturated rings. The molecule has 2 unspecified atom stereocenters. The van der Waals surface area contributed by atoms with Crippen molar-refractivity contribution in [1.29, 1.82) is 0 Å². The lowest BCUT2D eigenvalue weighted by molar-refractivity contribution is -0.144. The van der Waals surface area contributed by atoms with Crippen LogP contribution in [0, 0.1) is 34.5 Å². The minimum absolute atomic E-state index is 0.00512. The molecular formula is C20H29FN2O2. The fourth-order valence-electron chi connectivity index (χ4n) is 7.30. The SMILES string of the molecule is CN1C(=O)C(F)=C[C@@]2(C)C1CC[C@@H]1[C@H]2CC[C@]2(C)C(C(N)=O)CC[C@@H]12. The topological polar surface area (TPSA) is 63.4 Å². The highest BCUT2D eigenvalue weighted by Gasteiger charge is 2.61.